The fourth-order valence-electron chi connectivity index (χ4n) is 2.35. The standard InChI is InChI=1S/C14H16ClF3N2O/c15-11-7-10(14(16,17)18)3-4-12(11)20-13(21)6-9-2-1-5-19-8-9/h3-4,7,9,19H,1-2,5-6,8H2,(H,20,21). The van der Waals surface area contributed by atoms with E-state index < -0.39 is 11.7 Å². The second kappa shape index (κ2) is 6.66. The van der Waals surface area contributed by atoms with Gasteiger partial charge >= 0.3 is 6.18 Å². The van der Waals surface area contributed by atoms with E-state index in [0.29, 0.717) is 6.42 Å². The summed E-state index contributed by atoms with van der Waals surface area (Å²) < 4.78 is 37.6. The molecule has 0 spiro atoms. The number of hydrogen-bond donors (Lipinski definition) is 2. The molecular formula is C14H16ClF3N2O. The molecule has 7 heteroatoms. The van der Waals surface area contributed by atoms with Gasteiger partial charge < -0.3 is 10.6 Å². The molecule has 2 N–H and O–H groups in total. The number of nitrogens with one attached hydrogen (secondary N) is 2. The van der Waals surface area contributed by atoms with Crippen molar-refractivity contribution in [3.05, 3.63) is 28.8 Å². The van der Waals surface area contributed by atoms with Gasteiger partial charge in [-0.2, -0.15) is 13.2 Å². The van der Waals surface area contributed by atoms with Gasteiger partial charge in [-0.15, -0.1) is 0 Å². The minimum atomic E-state index is -4.44. The Hall–Kier alpha value is -1.27. The molecule has 1 unspecified atom stereocenters. The number of carbonyl (C=O) groups excluding carboxylic acids is 1. The predicted octanol–water partition coefficient (Wildman–Crippen LogP) is 3.69. The van der Waals surface area contributed by atoms with Crippen LogP contribution in [0.25, 0.3) is 0 Å². The molecule has 1 amide bonds. The maximum Gasteiger partial charge on any atom is 0.416 e. The van der Waals surface area contributed by atoms with Gasteiger partial charge in [-0.1, -0.05) is 11.6 Å². The van der Waals surface area contributed by atoms with Crippen LogP contribution in [0.4, 0.5) is 18.9 Å². The van der Waals surface area contributed by atoms with Crippen molar-refractivity contribution in [2.24, 2.45) is 5.92 Å². The summed E-state index contributed by atoms with van der Waals surface area (Å²) in [5.41, 5.74) is -0.625. The van der Waals surface area contributed by atoms with Gasteiger partial charge in [-0.25, -0.2) is 0 Å². The minimum absolute atomic E-state index is 0.111. The summed E-state index contributed by atoms with van der Waals surface area (Å²) in [5, 5.41) is 5.67. The third-order valence-corrected chi connectivity index (χ3v) is 3.76. The summed E-state index contributed by atoms with van der Waals surface area (Å²) in [6.07, 6.45) is -2.11. The summed E-state index contributed by atoms with van der Waals surface area (Å²) in [5.74, 6) is 0.0253. The molecule has 3 nitrogen and oxygen atoms in total. The molecule has 1 saturated heterocycles. The van der Waals surface area contributed by atoms with Crippen LogP contribution in [0.3, 0.4) is 0 Å². The number of alkyl halides is 3. The highest BCUT2D eigenvalue weighted by Gasteiger charge is 2.31. The quantitative estimate of drug-likeness (QED) is 0.892. The molecule has 21 heavy (non-hydrogen) atoms. The van der Waals surface area contributed by atoms with E-state index in [1.54, 1.807) is 0 Å². The summed E-state index contributed by atoms with van der Waals surface area (Å²) in [6.45, 7) is 1.75. The Kier molecular flexibility index (Phi) is 5.11. The zero-order valence-corrected chi connectivity index (χ0v) is 12.0. The molecule has 1 aliphatic rings. The van der Waals surface area contributed by atoms with E-state index in [-0.39, 0.29) is 22.5 Å². The zero-order chi connectivity index (χ0) is 15.5. The van der Waals surface area contributed by atoms with Crippen LogP contribution >= 0.6 is 11.6 Å². The van der Waals surface area contributed by atoms with Crippen LogP contribution < -0.4 is 10.6 Å². The molecule has 1 fully saturated rings. The molecular weight excluding hydrogens is 305 g/mol. The Morgan fingerprint density at radius 1 is 1.43 bits per heavy atom. The van der Waals surface area contributed by atoms with Crippen molar-refractivity contribution < 1.29 is 18.0 Å². The Morgan fingerprint density at radius 2 is 2.19 bits per heavy atom. The van der Waals surface area contributed by atoms with Crippen LogP contribution in [0.5, 0.6) is 0 Å². The summed E-state index contributed by atoms with van der Waals surface area (Å²) in [7, 11) is 0. The van der Waals surface area contributed by atoms with Gasteiger partial charge in [0.1, 0.15) is 0 Å². The second-order valence-corrected chi connectivity index (χ2v) is 5.56. The normalized spacial score (nSPS) is 19.3. The van der Waals surface area contributed by atoms with Crippen molar-refractivity contribution in [2.75, 3.05) is 18.4 Å². The van der Waals surface area contributed by atoms with Crippen molar-refractivity contribution >= 4 is 23.2 Å². The van der Waals surface area contributed by atoms with Gasteiger partial charge in [-0.3, -0.25) is 4.79 Å². The molecule has 0 radical (unpaired) electrons. The number of halogens is 4. The first kappa shape index (κ1) is 16.1. The fourth-order valence-corrected chi connectivity index (χ4v) is 2.58. The van der Waals surface area contributed by atoms with Crippen LogP contribution in [-0.2, 0) is 11.0 Å². The molecule has 0 saturated carbocycles. The Balaban J connectivity index is 1.97. The average molecular weight is 321 g/mol. The highest BCUT2D eigenvalue weighted by Crippen LogP contribution is 2.33. The lowest BCUT2D eigenvalue weighted by atomic mass is 9.96. The minimum Gasteiger partial charge on any atom is -0.325 e. The Bertz CT molecular complexity index is 513. The summed E-state index contributed by atoms with van der Waals surface area (Å²) in [6, 6.07) is 2.91. The van der Waals surface area contributed by atoms with E-state index in [1.165, 1.54) is 6.07 Å². The average Bonchev–Trinajstić information content (AvgIpc) is 2.41. The Labute approximate surface area is 125 Å². The zero-order valence-electron chi connectivity index (χ0n) is 11.3. The van der Waals surface area contributed by atoms with Gasteiger partial charge in [0, 0.05) is 6.42 Å². The van der Waals surface area contributed by atoms with Gasteiger partial charge in [0.05, 0.1) is 16.3 Å². The number of anilines is 1. The monoisotopic (exact) mass is 320 g/mol. The molecule has 0 aliphatic carbocycles. The molecule has 1 heterocycles. The largest absolute Gasteiger partial charge is 0.416 e. The molecule has 0 bridgehead atoms. The van der Waals surface area contributed by atoms with E-state index in [2.05, 4.69) is 10.6 Å². The molecule has 1 aromatic rings. The molecule has 1 aromatic carbocycles. The van der Waals surface area contributed by atoms with Crippen LogP contribution in [0.15, 0.2) is 18.2 Å². The van der Waals surface area contributed by atoms with E-state index in [9.17, 15) is 18.0 Å². The molecule has 1 atom stereocenters. The van der Waals surface area contributed by atoms with Crippen LogP contribution in [0.1, 0.15) is 24.8 Å². The number of amides is 1. The third kappa shape index (κ3) is 4.61. The van der Waals surface area contributed by atoms with Crippen molar-refractivity contribution in [1.29, 1.82) is 0 Å². The van der Waals surface area contributed by atoms with Crippen LogP contribution in [-0.4, -0.2) is 19.0 Å². The van der Waals surface area contributed by atoms with Gasteiger partial charge in [0.25, 0.3) is 0 Å². The molecule has 1 aliphatic heterocycles. The lowest BCUT2D eigenvalue weighted by molar-refractivity contribution is -0.137. The van der Waals surface area contributed by atoms with Gasteiger partial charge in [0.2, 0.25) is 5.91 Å². The van der Waals surface area contributed by atoms with Gasteiger partial charge in [-0.05, 0) is 50.0 Å². The van der Waals surface area contributed by atoms with E-state index in [0.717, 1.165) is 38.1 Å². The van der Waals surface area contributed by atoms with Crippen molar-refractivity contribution in [1.82, 2.24) is 5.32 Å². The lowest BCUT2D eigenvalue weighted by Crippen LogP contribution is -2.32. The predicted molar refractivity (Wildman–Crippen MR) is 75.3 cm³/mol. The third-order valence-electron chi connectivity index (χ3n) is 3.44. The number of hydrogen-bond acceptors (Lipinski definition) is 2. The van der Waals surface area contributed by atoms with Crippen LogP contribution in [0.2, 0.25) is 5.02 Å². The van der Waals surface area contributed by atoms with Crippen molar-refractivity contribution in [3.63, 3.8) is 0 Å². The maximum absolute atomic E-state index is 12.5. The highest BCUT2D eigenvalue weighted by atomic mass is 35.5. The fraction of sp³-hybridized carbons (Fsp3) is 0.500. The SMILES string of the molecule is O=C(CC1CCCNC1)Nc1ccc(C(F)(F)F)cc1Cl. The van der Waals surface area contributed by atoms with E-state index >= 15 is 0 Å². The maximum atomic E-state index is 12.5. The summed E-state index contributed by atoms with van der Waals surface area (Å²) in [4.78, 5) is 11.9. The van der Waals surface area contributed by atoms with Gasteiger partial charge in [0.15, 0.2) is 0 Å². The van der Waals surface area contributed by atoms with E-state index in [1.807, 2.05) is 0 Å². The first-order valence-corrected chi connectivity index (χ1v) is 7.11. The molecule has 2 rings (SSSR count). The number of rotatable bonds is 3. The van der Waals surface area contributed by atoms with Crippen molar-refractivity contribution in [2.45, 2.75) is 25.4 Å². The Morgan fingerprint density at radius 3 is 2.76 bits per heavy atom. The number of piperidine rings is 1. The molecule has 116 valence electrons. The first-order chi connectivity index (χ1) is 9.86. The smallest absolute Gasteiger partial charge is 0.325 e. The van der Waals surface area contributed by atoms with Crippen molar-refractivity contribution in [3.8, 4) is 0 Å². The second-order valence-electron chi connectivity index (χ2n) is 5.16. The van der Waals surface area contributed by atoms with Crippen LogP contribution in [0, 0.1) is 5.92 Å². The highest BCUT2D eigenvalue weighted by molar-refractivity contribution is 6.33. The first-order valence-electron chi connectivity index (χ1n) is 6.73. The molecule has 0 aromatic heterocycles. The summed E-state index contributed by atoms with van der Waals surface area (Å²) >= 11 is 5.80. The lowest BCUT2D eigenvalue weighted by Gasteiger charge is -2.22. The number of benzene rings is 1. The van der Waals surface area contributed by atoms with E-state index in [4.69, 9.17) is 11.6 Å². The topological polar surface area (TPSA) is 41.1 Å². The number of carbonyl (C=O) groups is 1.